The van der Waals surface area contributed by atoms with Gasteiger partial charge in [0.05, 0.1) is 0 Å². The van der Waals surface area contributed by atoms with Crippen LogP contribution in [0.3, 0.4) is 0 Å². The van der Waals surface area contributed by atoms with Gasteiger partial charge in [0.1, 0.15) is 12.1 Å². The molecule has 1 saturated heterocycles. The zero-order chi connectivity index (χ0) is 17.7. The van der Waals surface area contributed by atoms with Gasteiger partial charge in [-0.2, -0.15) is 0 Å². The average molecular weight is 352 g/mol. The monoisotopic (exact) mass is 351 g/mol. The SMILES string of the molecule is CC(=O)N[C@@H](C)C(=O)N1CCC[C@H]1C(=O)NCc1ccc(Cl)cc1. The topological polar surface area (TPSA) is 78.5 Å². The largest absolute Gasteiger partial charge is 0.350 e. The van der Waals surface area contributed by atoms with E-state index in [1.54, 1.807) is 24.0 Å². The van der Waals surface area contributed by atoms with Gasteiger partial charge in [0.2, 0.25) is 17.7 Å². The summed E-state index contributed by atoms with van der Waals surface area (Å²) < 4.78 is 0. The summed E-state index contributed by atoms with van der Waals surface area (Å²) in [7, 11) is 0. The van der Waals surface area contributed by atoms with E-state index in [0.29, 0.717) is 24.5 Å². The van der Waals surface area contributed by atoms with Crippen molar-refractivity contribution in [3.05, 3.63) is 34.9 Å². The molecule has 3 amide bonds. The third kappa shape index (κ3) is 4.71. The lowest BCUT2D eigenvalue weighted by Crippen LogP contribution is -2.52. The third-order valence-corrected chi connectivity index (χ3v) is 4.26. The highest BCUT2D eigenvalue weighted by atomic mass is 35.5. The number of halogens is 1. The number of amides is 3. The van der Waals surface area contributed by atoms with Crippen molar-refractivity contribution in [2.45, 2.75) is 45.3 Å². The molecule has 2 atom stereocenters. The summed E-state index contributed by atoms with van der Waals surface area (Å²) >= 11 is 5.84. The maximum absolute atomic E-state index is 12.4. The highest BCUT2D eigenvalue weighted by Gasteiger charge is 2.35. The van der Waals surface area contributed by atoms with Crippen molar-refractivity contribution < 1.29 is 14.4 Å². The van der Waals surface area contributed by atoms with Gasteiger partial charge in [-0.25, -0.2) is 0 Å². The molecule has 7 heteroatoms. The number of nitrogens with zero attached hydrogens (tertiary/aromatic N) is 1. The van der Waals surface area contributed by atoms with Crippen molar-refractivity contribution in [2.24, 2.45) is 0 Å². The summed E-state index contributed by atoms with van der Waals surface area (Å²) in [6.45, 7) is 3.91. The smallest absolute Gasteiger partial charge is 0.245 e. The zero-order valence-electron chi connectivity index (χ0n) is 13.8. The molecular formula is C17H22ClN3O3. The Bertz CT molecular complexity index is 618. The first-order valence-electron chi connectivity index (χ1n) is 7.98. The molecule has 0 spiro atoms. The lowest BCUT2D eigenvalue weighted by molar-refractivity contribution is -0.140. The van der Waals surface area contributed by atoms with Crippen LogP contribution in [-0.2, 0) is 20.9 Å². The van der Waals surface area contributed by atoms with Crippen LogP contribution in [0.2, 0.25) is 5.02 Å². The summed E-state index contributed by atoms with van der Waals surface area (Å²) in [6.07, 6.45) is 1.41. The number of benzene rings is 1. The Hall–Kier alpha value is -2.08. The van der Waals surface area contributed by atoms with Gasteiger partial charge in [0.25, 0.3) is 0 Å². The van der Waals surface area contributed by atoms with Crippen molar-refractivity contribution in [1.82, 2.24) is 15.5 Å². The average Bonchev–Trinajstić information content (AvgIpc) is 3.02. The van der Waals surface area contributed by atoms with Crippen LogP contribution >= 0.6 is 11.6 Å². The Labute approximate surface area is 146 Å². The summed E-state index contributed by atoms with van der Waals surface area (Å²) in [4.78, 5) is 37.5. The zero-order valence-corrected chi connectivity index (χ0v) is 14.6. The van der Waals surface area contributed by atoms with E-state index in [-0.39, 0.29) is 17.7 Å². The van der Waals surface area contributed by atoms with E-state index in [1.165, 1.54) is 6.92 Å². The van der Waals surface area contributed by atoms with Crippen molar-refractivity contribution in [2.75, 3.05) is 6.54 Å². The number of hydrogen-bond donors (Lipinski definition) is 2. The van der Waals surface area contributed by atoms with Gasteiger partial charge < -0.3 is 15.5 Å². The molecule has 1 heterocycles. The molecule has 6 nitrogen and oxygen atoms in total. The number of nitrogens with one attached hydrogen (secondary N) is 2. The van der Waals surface area contributed by atoms with Crippen LogP contribution in [0.5, 0.6) is 0 Å². The summed E-state index contributed by atoms with van der Waals surface area (Å²) in [5.41, 5.74) is 0.940. The van der Waals surface area contributed by atoms with Gasteiger partial charge in [-0.15, -0.1) is 0 Å². The van der Waals surface area contributed by atoms with E-state index in [4.69, 9.17) is 11.6 Å². The minimum Gasteiger partial charge on any atom is -0.350 e. The van der Waals surface area contributed by atoms with Crippen molar-refractivity contribution in [3.63, 3.8) is 0 Å². The van der Waals surface area contributed by atoms with E-state index in [1.807, 2.05) is 12.1 Å². The molecule has 1 fully saturated rings. The predicted molar refractivity (Wildman–Crippen MR) is 91.3 cm³/mol. The van der Waals surface area contributed by atoms with Crippen LogP contribution in [0, 0.1) is 0 Å². The van der Waals surface area contributed by atoms with Crippen LogP contribution in [0.1, 0.15) is 32.3 Å². The molecular weight excluding hydrogens is 330 g/mol. The maximum atomic E-state index is 12.4. The van der Waals surface area contributed by atoms with Crippen LogP contribution < -0.4 is 10.6 Å². The maximum Gasteiger partial charge on any atom is 0.245 e. The molecule has 1 aliphatic rings. The van der Waals surface area contributed by atoms with E-state index < -0.39 is 12.1 Å². The number of carbonyl (C=O) groups is 3. The van der Waals surface area contributed by atoms with Crippen molar-refractivity contribution in [1.29, 1.82) is 0 Å². The second-order valence-electron chi connectivity index (χ2n) is 5.96. The lowest BCUT2D eigenvalue weighted by Gasteiger charge is -2.27. The van der Waals surface area contributed by atoms with Crippen LogP contribution in [-0.4, -0.2) is 41.2 Å². The molecule has 0 unspecified atom stereocenters. The second kappa shape index (κ2) is 8.15. The molecule has 1 aromatic carbocycles. The Balaban J connectivity index is 1.93. The van der Waals surface area contributed by atoms with Crippen molar-refractivity contribution >= 4 is 29.3 Å². The first-order chi connectivity index (χ1) is 11.4. The summed E-state index contributed by atoms with van der Waals surface area (Å²) in [5.74, 6) is -0.668. The molecule has 2 N–H and O–H groups in total. The van der Waals surface area contributed by atoms with Gasteiger partial charge in [0, 0.05) is 25.0 Å². The van der Waals surface area contributed by atoms with Crippen LogP contribution in [0.4, 0.5) is 0 Å². The van der Waals surface area contributed by atoms with E-state index >= 15 is 0 Å². The second-order valence-corrected chi connectivity index (χ2v) is 6.39. The molecule has 130 valence electrons. The fraction of sp³-hybridized carbons (Fsp3) is 0.471. The van der Waals surface area contributed by atoms with Gasteiger partial charge >= 0.3 is 0 Å². The first-order valence-corrected chi connectivity index (χ1v) is 8.36. The van der Waals surface area contributed by atoms with Gasteiger partial charge in [-0.05, 0) is 37.5 Å². The van der Waals surface area contributed by atoms with Crippen LogP contribution in [0.25, 0.3) is 0 Å². The Kier molecular flexibility index (Phi) is 6.20. The fourth-order valence-corrected chi connectivity index (χ4v) is 2.95. The molecule has 0 bridgehead atoms. The number of likely N-dealkylation sites (tertiary alicyclic amines) is 1. The molecule has 0 radical (unpaired) electrons. The minimum absolute atomic E-state index is 0.175. The first kappa shape index (κ1) is 18.3. The molecule has 2 rings (SSSR count). The quantitative estimate of drug-likeness (QED) is 0.843. The Morgan fingerprint density at radius 1 is 1.29 bits per heavy atom. The fourth-order valence-electron chi connectivity index (χ4n) is 2.83. The van der Waals surface area contributed by atoms with Gasteiger partial charge in [-0.3, -0.25) is 14.4 Å². The molecule has 1 aliphatic heterocycles. The highest BCUT2D eigenvalue weighted by Crippen LogP contribution is 2.19. The normalized spacial score (nSPS) is 18.1. The third-order valence-electron chi connectivity index (χ3n) is 4.01. The Morgan fingerprint density at radius 3 is 2.58 bits per heavy atom. The number of hydrogen-bond acceptors (Lipinski definition) is 3. The minimum atomic E-state index is -0.632. The summed E-state index contributed by atoms with van der Waals surface area (Å²) in [5, 5.41) is 6.07. The van der Waals surface area contributed by atoms with Gasteiger partial charge in [0.15, 0.2) is 0 Å². The predicted octanol–water partition coefficient (Wildman–Crippen LogP) is 1.47. The van der Waals surface area contributed by atoms with Crippen molar-refractivity contribution in [3.8, 4) is 0 Å². The molecule has 1 aromatic rings. The highest BCUT2D eigenvalue weighted by molar-refractivity contribution is 6.30. The van der Waals surface area contributed by atoms with E-state index in [2.05, 4.69) is 10.6 Å². The van der Waals surface area contributed by atoms with Crippen LogP contribution in [0.15, 0.2) is 24.3 Å². The Morgan fingerprint density at radius 2 is 1.96 bits per heavy atom. The summed E-state index contributed by atoms with van der Waals surface area (Å²) in [6, 6.07) is 6.11. The van der Waals surface area contributed by atoms with Gasteiger partial charge in [-0.1, -0.05) is 23.7 Å². The molecule has 0 saturated carbocycles. The standard InChI is InChI=1S/C17H22ClN3O3/c1-11(20-12(2)22)17(24)21-9-3-4-15(21)16(23)19-10-13-5-7-14(18)8-6-13/h5-8,11,15H,3-4,9-10H2,1-2H3,(H,19,23)(H,20,22)/t11-,15-/m0/s1. The molecule has 0 aromatic heterocycles. The molecule has 0 aliphatic carbocycles. The number of rotatable bonds is 5. The lowest BCUT2D eigenvalue weighted by atomic mass is 10.1. The van der Waals surface area contributed by atoms with E-state index in [9.17, 15) is 14.4 Å². The molecule has 24 heavy (non-hydrogen) atoms. The van der Waals surface area contributed by atoms with E-state index in [0.717, 1.165) is 12.0 Å². The number of carbonyl (C=O) groups excluding carboxylic acids is 3.